The molecule has 2 aliphatic rings. The van der Waals surface area contributed by atoms with E-state index < -0.39 is 0 Å². The van der Waals surface area contributed by atoms with Gasteiger partial charge in [-0.15, -0.1) is 0 Å². The highest BCUT2D eigenvalue weighted by molar-refractivity contribution is 6.08. The lowest BCUT2D eigenvalue weighted by atomic mass is 10.0. The Morgan fingerprint density at radius 1 is 1.16 bits per heavy atom. The minimum absolute atomic E-state index is 0.233. The van der Waals surface area contributed by atoms with Gasteiger partial charge in [-0.3, -0.25) is 4.98 Å². The molecule has 1 fully saturated rings. The molecule has 0 saturated carbocycles. The molecule has 25 heavy (non-hydrogen) atoms. The molecule has 4 N–H and O–H groups in total. The van der Waals surface area contributed by atoms with Crippen LogP contribution in [0, 0.1) is 0 Å². The lowest BCUT2D eigenvalue weighted by molar-refractivity contribution is 0.185. The summed E-state index contributed by atoms with van der Waals surface area (Å²) >= 11 is 0. The van der Waals surface area contributed by atoms with Crippen molar-refractivity contribution in [3.63, 3.8) is 0 Å². The van der Waals surface area contributed by atoms with Gasteiger partial charge < -0.3 is 21.3 Å². The summed E-state index contributed by atoms with van der Waals surface area (Å²) < 4.78 is 0. The third-order valence-corrected chi connectivity index (χ3v) is 4.69. The molecule has 1 saturated heterocycles. The van der Waals surface area contributed by atoms with Crippen LogP contribution in [0.5, 0.6) is 0 Å². The van der Waals surface area contributed by atoms with Crippen LogP contribution in [-0.4, -0.2) is 58.7 Å². The fraction of sp³-hybridized carbons (Fsp3) is 0.500. The van der Waals surface area contributed by atoms with Gasteiger partial charge in [-0.25, -0.2) is 9.98 Å². The molecule has 1 aromatic rings. The zero-order chi connectivity index (χ0) is 17.8. The number of nitrogens with two attached hydrogens (primary N) is 2. The highest BCUT2D eigenvalue weighted by atomic mass is 15.3. The predicted molar refractivity (Wildman–Crippen MR) is 99.9 cm³/mol. The number of fused-ring (bicyclic) bond motifs is 1. The summed E-state index contributed by atoms with van der Waals surface area (Å²) in [5.74, 6) is 0.907. The van der Waals surface area contributed by atoms with Gasteiger partial charge in [0.25, 0.3) is 0 Å². The molecule has 2 heterocycles. The van der Waals surface area contributed by atoms with Crippen LogP contribution in [0.25, 0.3) is 0 Å². The normalized spacial score (nSPS) is 19.6. The topological polar surface area (TPSA) is 96.7 Å². The van der Waals surface area contributed by atoms with E-state index in [9.17, 15) is 0 Å². The summed E-state index contributed by atoms with van der Waals surface area (Å²) in [6.45, 7) is 7.46. The van der Waals surface area contributed by atoms with Gasteiger partial charge in [-0.2, -0.15) is 0 Å². The fourth-order valence-corrected chi connectivity index (χ4v) is 3.18. The Balaban J connectivity index is 1.87. The second-order valence-electron chi connectivity index (χ2n) is 6.70. The maximum absolute atomic E-state index is 6.31. The summed E-state index contributed by atoms with van der Waals surface area (Å²) in [6.07, 6.45) is 7.89. The standard InChI is InChI=1S/C18H27N7/c1-13(19)22-16(11-18(20)25-9-7-24(2)8-10-25)17-12-21-14-5-3-4-6-15(14)23-17/h11-12H,1,3-10,19-20H2,2H3/b18-11+,22-16+. The van der Waals surface area contributed by atoms with Crippen LogP contribution in [0.3, 0.4) is 0 Å². The van der Waals surface area contributed by atoms with E-state index in [2.05, 4.69) is 33.4 Å². The van der Waals surface area contributed by atoms with Crippen molar-refractivity contribution < 1.29 is 0 Å². The SMILES string of the molecule is C=C(N)/N=C(\C=C(/N)N1CCN(C)CC1)c1cnc2c(n1)CCCC2. The molecular formula is C18H27N7. The average Bonchev–Trinajstić information content (AvgIpc) is 2.61. The average molecular weight is 341 g/mol. The fourth-order valence-electron chi connectivity index (χ4n) is 3.18. The molecule has 0 amide bonds. The molecule has 0 spiro atoms. The Hall–Kier alpha value is -2.41. The third kappa shape index (κ3) is 4.36. The van der Waals surface area contributed by atoms with Crippen molar-refractivity contribution in [1.29, 1.82) is 0 Å². The summed E-state index contributed by atoms with van der Waals surface area (Å²) in [4.78, 5) is 18.1. The first-order valence-electron chi connectivity index (χ1n) is 8.82. The molecule has 134 valence electrons. The number of hydrogen-bond acceptors (Lipinski definition) is 7. The number of likely N-dealkylation sites (N-methyl/N-ethyl adjacent to an activating group) is 1. The Bertz CT molecular complexity index is 699. The Labute approximate surface area is 149 Å². The Morgan fingerprint density at radius 3 is 2.52 bits per heavy atom. The summed E-state index contributed by atoms with van der Waals surface area (Å²) in [6, 6.07) is 0. The summed E-state index contributed by atoms with van der Waals surface area (Å²) in [7, 11) is 2.12. The van der Waals surface area contributed by atoms with Gasteiger partial charge in [0.15, 0.2) is 0 Å². The van der Waals surface area contributed by atoms with Gasteiger partial charge in [0.2, 0.25) is 0 Å². The second kappa shape index (κ2) is 7.65. The number of aryl methyl sites for hydroxylation is 2. The number of allylic oxidation sites excluding steroid dienone is 1. The van der Waals surface area contributed by atoms with Gasteiger partial charge in [-0.05, 0) is 32.7 Å². The minimum Gasteiger partial charge on any atom is -0.385 e. The molecule has 0 radical (unpaired) electrons. The smallest absolute Gasteiger partial charge is 0.116 e. The van der Waals surface area contributed by atoms with Crippen LogP contribution >= 0.6 is 0 Å². The Kier molecular flexibility index (Phi) is 5.33. The van der Waals surface area contributed by atoms with Gasteiger partial charge in [0.05, 0.1) is 23.3 Å². The lowest BCUT2D eigenvalue weighted by Gasteiger charge is -2.34. The lowest BCUT2D eigenvalue weighted by Crippen LogP contribution is -2.45. The van der Waals surface area contributed by atoms with Crippen molar-refractivity contribution in [2.45, 2.75) is 25.7 Å². The minimum atomic E-state index is 0.233. The molecule has 0 atom stereocenters. The maximum atomic E-state index is 6.31. The van der Waals surface area contributed by atoms with Crippen molar-refractivity contribution in [2.24, 2.45) is 16.5 Å². The first kappa shape index (κ1) is 17.4. The van der Waals surface area contributed by atoms with Crippen molar-refractivity contribution >= 4 is 5.71 Å². The van der Waals surface area contributed by atoms with E-state index in [0.29, 0.717) is 17.2 Å². The largest absolute Gasteiger partial charge is 0.385 e. The van der Waals surface area contributed by atoms with E-state index in [1.165, 1.54) is 6.42 Å². The predicted octanol–water partition coefficient (Wildman–Crippen LogP) is 0.622. The highest BCUT2D eigenvalue weighted by Crippen LogP contribution is 2.18. The molecule has 3 rings (SSSR count). The van der Waals surface area contributed by atoms with E-state index in [1.54, 1.807) is 6.20 Å². The van der Waals surface area contributed by atoms with E-state index in [0.717, 1.165) is 56.8 Å². The van der Waals surface area contributed by atoms with Crippen molar-refractivity contribution in [3.05, 3.63) is 47.6 Å². The maximum Gasteiger partial charge on any atom is 0.116 e. The van der Waals surface area contributed by atoms with Crippen molar-refractivity contribution in [2.75, 3.05) is 33.2 Å². The molecule has 0 bridgehead atoms. The zero-order valence-electron chi connectivity index (χ0n) is 14.9. The Morgan fingerprint density at radius 2 is 1.84 bits per heavy atom. The highest BCUT2D eigenvalue weighted by Gasteiger charge is 2.17. The zero-order valence-corrected chi connectivity index (χ0v) is 14.9. The second-order valence-corrected chi connectivity index (χ2v) is 6.70. The molecule has 0 unspecified atom stereocenters. The number of nitrogens with zero attached hydrogens (tertiary/aromatic N) is 5. The van der Waals surface area contributed by atoms with Gasteiger partial charge in [0.1, 0.15) is 17.3 Å². The van der Waals surface area contributed by atoms with Crippen molar-refractivity contribution in [1.82, 2.24) is 19.8 Å². The third-order valence-electron chi connectivity index (χ3n) is 4.69. The van der Waals surface area contributed by atoms with Gasteiger partial charge in [0, 0.05) is 32.3 Å². The quantitative estimate of drug-likeness (QED) is 0.780. The van der Waals surface area contributed by atoms with Crippen LogP contribution in [0.15, 0.2) is 35.5 Å². The van der Waals surface area contributed by atoms with Gasteiger partial charge >= 0.3 is 0 Å². The van der Waals surface area contributed by atoms with Crippen LogP contribution in [0.1, 0.15) is 29.9 Å². The van der Waals surface area contributed by atoms with Crippen molar-refractivity contribution in [3.8, 4) is 0 Å². The number of piperazine rings is 1. The number of aliphatic imine (C=N–C) groups is 1. The molecule has 7 nitrogen and oxygen atoms in total. The first-order valence-corrected chi connectivity index (χ1v) is 8.82. The summed E-state index contributed by atoms with van der Waals surface area (Å²) in [5, 5.41) is 0. The number of hydrogen-bond donors (Lipinski definition) is 2. The molecular weight excluding hydrogens is 314 g/mol. The van der Waals surface area contributed by atoms with Gasteiger partial charge in [-0.1, -0.05) is 6.58 Å². The molecule has 7 heteroatoms. The van der Waals surface area contributed by atoms with Crippen LogP contribution in [0.2, 0.25) is 0 Å². The monoisotopic (exact) mass is 341 g/mol. The summed E-state index contributed by atoms with van der Waals surface area (Å²) in [5.41, 5.74) is 15.5. The van der Waals surface area contributed by atoms with E-state index in [4.69, 9.17) is 16.5 Å². The van der Waals surface area contributed by atoms with Crippen LogP contribution < -0.4 is 11.5 Å². The van der Waals surface area contributed by atoms with E-state index in [1.807, 2.05) is 6.08 Å². The molecule has 1 aliphatic heterocycles. The van der Waals surface area contributed by atoms with E-state index >= 15 is 0 Å². The van der Waals surface area contributed by atoms with Crippen LogP contribution in [0.4, 0.5) is 0 Å². The number of aromatic nitrogens is 2. The number of rotatable bonds is 4. The molecule has 1 aromatic heterocycles. The van der Waals surface area contributed by atoms with Crippen LogP contribution in [-0.2, 0) is 12.8 Å². The molecule has 0 aromatic carbocycles. The molecule has 1 aliphatic carbocycles. The van der Waals surface area contributed by atoms with E-state index in [-0.39, 0.29) is 5.82 Å². The first-order chi connectivity index (χ1) is 12.0.